The number of aliphatic hydroxyl groups is 1. The molecule has 6 rings (SSSR count). The second kappa shape index (κ2) is 13.7. The van der Waals surface area contributed by atoms with E-state index < -0.39 is 0 Å². The molecule has 0 radical (unpaired) electrons. The minimum Gasteiger partial charge on any atom is -0.450 e. The van der Waals surface area contributed by atoms with Crippen LogP contribution < -0.4 is 27.0 Å². The van der Waals surface area contributed by atoms with Gasteiger partial charge < -0.3 is 36.8 Å². The number of rotatable bonds is 3. The topological polar surface area (TPSA) is 121 Å². The third kappa shape index (κ3) is 6.98. The molecule has 9 atom stereocenters. The van der Waals surface area contributed by atoms with Gasteiger partial charge >= 0.3 is 6.09 Å². The molecule has 1 amide bonds. The van der Waals surface area contributed by atoms with Gasteiger partial charge in [0.2, 0.25) is 0 Å². The van der Waals surface area contributed by atoms with E-state index >= 15 is 0 Å². The van der Waals surface area contributed by atoms with Gasteiger partial charge in [0.1, 0.15) is 0 Å². The maximum atomic E-state index is 11.3. The second-order valence-corrected chi connectivity index (χ2v) is 11.0. The highest BCUT2D eigenvalue weighted by molar-refractivity contribution is 5.67. The molecular formula is C28H47N5O3. The van der Waals surface area contributed by atoms with Crippen LogP contribution in [0.5, 0.6) is 0 Å². The predicted molar refractivity (Wildman–Crippen MR) is 143 cm³/mol. The smallest absolute Gasteiger partial charge is 0.407 e. The van der Waals surface area contributed by atoms with Crippen LogP contribution in [0, 0.1) is 41.4 Å². The number of alkyl carbamates (subject to hydrolysis) is 1. The van der Waals surface area contributed by atoms with Crippen molar-refractivity contribution in [3.05, 3.63) is 36.5 Å². The van der Waals surface area contributed by atoms with E-state index in [0.29, 0.717) is 54.8 Å². The van der Waals surface area contributed by atoms with Gasteiger partial charge in [0, 0.05) is 51.4 Å². The van der Waals surface area contributed by atoms with E-state index in [1.807, 2.05) is 6.92 Å². The number of amides is 1. The first-order valence-corrected chi connectivity index (χ1v) is 14.0. The van der Waals surface area contributed by atoms with Crippen molar-refractivity contribution >= 4 is 6.09 Å². The Kier molecular flexibility index (Phi) is 10.4. The van der Waals surface area contributed by atoms with Crippen molar-refractivity contribution in [3.8, 4) is 0 Å². The number of fused-ring (bicyclic) bond motifs is 3. The van der Waals surface area contributed by atoms with Crippen LogP contribution in [0.1, 0.15) is 26.2 Å². The van der Waals surface area contributed by atoms with Crippen molar-refractivity contribution in [2.75, 3.05) is 52.5 Å². The normalized spacial score (nSPS) is 39.6. The van der Waals surface area contributed by atoms with Gasteiger partial charge in [0.15, 0.2) is 0 Å². The van der Waals surface area contributed by atoms with Crippen LogP contribution in [-0.4, -0.2) is 75.8 Å². The summed E-state index contributed by atoms with van der Waals surface area (Å²) in [6, 6.07) is 0.638. The first-order chi connectivity index (χ1) is 17.6. The summed E-state index contributed by atoms with van der Waals surface area (Å²) in [5.41, 5.74) is 5.93. The SMILES string of the molecule is CCOC(=O)NC1CC=CC2CNCC21.NC1CC=CC2CNCC12.OCC1CC=CC2CNCC21. The van der Waals surface area contributed by atoms with Crippen molar-refractivity contribution in [1.29, 1.82) is 0 Å². The van der Waals surface area contributed by atoms with Crippen molar-refractivity contribution < 1.29 is 14.6 Å². The molecule has 0 bridgehead atoms. The second-order valence-electron chi connectivity index (χ2n) is 11.0. The lowest BCUT2D eigenvalue weighted by Crippen LogP contribution is -2.44. The van der Waals surface area contributed by atoms with Crippen LogP contribution in [0.2, 0.25) is 0 Å². The maximum absolute atomic E-state index is 11.3. The first-order valence-electron chi connectivity index (χ1n) is 14.0. The molecule has 7 N–H and O–H groups in total. The molecule has 3 saturated heterocycles. The third-order valence-corrected chi connectivity index (χ3v) is 8.80. The largest absolute Gasteiger partial charge is 0.450 e. The number of carbonyl (C=O) groups excluding carboxylic acids is 1. The Hall–Kier alpha value is -1.71. The zero-order chi connectivity index (χ0) is 25.3. The third-order valence-electron chi connectivity index (χ3n) is 8.80. The standard InChI is InChI=1S/C11H18N2O2.C9H15NO.C8H14N2/c1-2-15-11(14)13-10-5-3-4-8-6-12-7-9(8)10;11-6-8-3-1-2-7-4-10-5-9(7)8;9-8-3-1-2-6-4-10-5-7(6)8/h3-4,8-10,12H,2,5-7H2,1H3,(H,13,14);1-2,7-11H,3-6H2;1-2,6-8,10H,3-5,9H2. The van der Waals surface area contributed by atoms with E-state index in [1.54, 1.807) is 0 Å². The fourth-order valence-corrected chi connectivity index (χ4v) is 6.68. The molecule has 9 unspecified atom stereocenters. The number of nitrogens with one attached hydrogen (secondary N) is 4. The Balaban J connectivity index is 0.000000130. The molecule has 202 valence electrons. The average molecular weight is 502 g/mol. The molecule has 3 aliphatic carbocycles. The van der Waals surface area contributed by atoms with Gasteiger partial charge in [-0.05, 0) is 74.2 Å². The molecule has 3 heterocycles. The highest BCUT2D eigenvalue weighted by Gasteiger charge is 2.35. The van der Waals surface area contributed by atoms with Gasteiger partial charge in [-0.25, -0.2) is 4.79 Å². The van der Waals surface area contributed by atoms with E-state index in [0.717, 1.165) is 64.4 Å². The maximum Gasteiger partial charge on any atom is 0.407 e. The Morgan fingerprint density at radius 3 is 2.06 bits per heavy atom. The Morgan fingerprint density at radius 1 is 0.861 bits per heavy atom. The summed E-state index contributed by atoms with van der Waals surface area (Å²) in [4.78, 5) is 11.3. The van der Waals surface area contributed by atoms with Gasteiger partial charge in [0.25, 0.3) is 0 Å². The summed E-state index contributed by atoms with van der Waals surface area (Å²) in [6.45, 7) is 9.09. The molecule has 0 saturated carbocycles. The van der Waals surface area contributed by atoms with Crippen LogP contribution >= 0.6 is 0 Å². The van der Waals surface area contributed by atoms with Crippen LogP contribution in [0.4, 0.5) is 4.79 Å². The van der Waals surface area contributed by atoms with Crippen LogP contribution in [0.25, 0.3) is 0 Å². The lowest BCUT2D eigenvalue weighted by Gasteiger charge is -2.29. The average Bonchev–Trinajstić information content (AvgIpc) is 3.66. The molecule has 3 fully saturated rings. The van der Waals surface area contributed by atoms with Gasteiger partial charge in [0.05, 0.1) is 6.61 Å². The first kappa shape index (κ1) is 27.3. The van der Waals surface area contributed by atoms with E-state index in [-0.39, 0.29) is 12.1 Å². The lowest BCUT2D eigenvalue weighted by molar-refractivity contribution is 0.142. The number of hydrogen-bond acceptors (Lipinski definition) is 7. The minimum absolute atomic E-state index is 0.231. The van der Waals surface area contributed by atoms with Gasteiger partial charge in [-0.3, -0.25) is 0 Å². The van der Waals surface area contributed by atoms with Gasteiger partial charge in [-0.15, -0.1) is 0 Å². The molecule has 8 nitrogen and oxygen atoms in total. The monoisotopic (exact) mass is 501 g/mol. The number of aliphatic hydroxyl groups excluding tert-OH is 1. The van der Waals surface area contributed by atoms with E-state index in [1.165, 1.54) is 0 Å². The molecule has 0 aromatic rings. The summed E-state index contributed by atoms with van der Waals surface area (Å²) >= 11 is 0. The van der Waals surface area contributed by atoms with E-state index in [4.69, 9.17) is 15.6 Å². The van der Waals surface area contributed by atoms with Crippen LogP contribution in [0.3, 0.4) is 0 Å². The number of allylic oxidation sites excluding steroid dienone is 1. The minimum atomic E-state index is -0.288. The highest BCUT2D eigenvalue weighted by atomic mass is 16.5. The molecule has 0 spiro atoms. The zero-order valence-electron chi connectivity index (χ0n) is 21.8. The molecule has 0 aromatic heterocycles. The number of nitrogens with two attached hydrogens (primary N) is 1. The molecule has 3 aliphatic heterocycles. The Morgan fingerprint density at radius 2 is 1.42 bits per heavy atom. The van der Waals surface area contributed by atoms with E-state index in [9.17, 15) is 4.79 Å². The zero-order valence-corrected chi connectivity index (χ0v) is 21.8. The van der Waals surface area contributed by atoms with Gasteiger partial charge in [-0.1, -0.05) is 36.5 Å². The predicted octanol–water partition coefficient (Wildman–Crippen LogP) is 1.40. The highest BCUT2D eigenvalue weighted by Crippen LogP contribution is 2.32. The number of hydrogen-bond donors (Lipinski definition) is 6. The summed E-state index contributed by atoms with van der Waals surface area (Å²) in [7, 11) is 0. The Labute approximate surface area is 216 Å². The molecule has 6 aliphatic rings. The van der Waals surface area contributed by atoms with Crippen LogP contribution in [-0.2, 0) is 4.74 Å². The van der Waals surface area contributed by atoms with E-state index in [2.05, 4.69) is 57.7 Å². The summed E-state index contributed by atoms with van der Waals surface area (Å²) in [5, 5.41) is 22.1. The quantitative estimate of drug-likeness (QED) is 0.323. The lowest BCUT2D eigenvalue weighted by atomic mass is 9.78. The molecule has 8 heteroatoms. The van der Waals surface area contributed by atoms with Gasteiger partial charge in [-0.2, -0.15) is 0 Å². The number of carbonyl (C=O) groups is 1. The van der Waals surface area contributed by atoms with Crippen molar-refractivity contribution in [2.24, 2.45) is 47.2 Å². The summed E-state index contributed by atoms with van der Waals surface area (Å²) in [5.74, 6) is 4.45. The van der Waals surface area contributed by atoms with Crippen molar-refractivity contribution in [1.82, 2.24) is 21.3 Å². The molecule has 0 aromatic carbocycles. The van der Waals surface area contributed by atoms with Crippen LogP contribution in [0.15, 0.2) is 36.5 Å². The molecule has 36 heavy (non-hydrogen) atoms. The fraction of sp³-hybridized carbons (Fsp3) is 0.750. The Bertz CT molecular complexity index is 787. The summed E-state index contributed by atoms with van der Waals surface area (Å²) in [6.07, 6.45) is 16.2. The number of ether oxygens (including phenoxy) is 1. The van der Waals surface area contributed by atoms with Crippen molar-refractivity contribution in [3.63, 3.8) is 0 Å². The molecular weight excluding hydrogens is 454 g/mol. The summed E-state index contributed by atoms with van der Waals surface area (Å²) < 4.78 is 4.90. The van der Waals surface area contributed by atoms with Crippen molar-refractivity contribution in [2.45, 2.75) is 38.3 Å². The fourth-order valence-electron chi connectivity index (χ4n) is 6.68.